The average Bonchev–Trinajstić information content (AvgIpc) is 2.94. The first-order valence-electron chi connectivity index (χ1n) is 8.23. The second-order valence-corrected chi connectivity index (χ2v) is 7.43. The molecule has 2 rings (SSSR count). The van der Waals surface area contributed by atoms with Crippen molar-refractivity contribution in [2.24, 2.45) is 5.92 Å². The van der Waals surface area contributed by atoms with Crippen LogP contribution in [-0.4, -0.2) is 45.2 Å². The molecule has 1 fully saturated rings. The summed E-state index contributed by atoms with van der Waals surface area (Å²) in [4.78, 5) is 25.8. The molecule has 23 heavy (non-hydrogen) atoms. The van der Waals surface area contributed by atoms with Gasteiger partial charge >= 0.3 is 6.09 Å². The smallest absolute Gasteiger partial charge is 0.410 e. The Hall–Kier alpha value is -1.85. The predicted octanol–water partition coefficient (Wildman–Crippen LogP) is 3.29. The monoisotopic (exact) mass is 321 g/mol. The van der Waals surface area contributed by atoms with E-state index in [0.29, 0.717) is 18.7 Å². The molecule has 0 aromatic carbocycles. The van der Waals surface area contributed by atoms with Gasteiger partial charge in [-0.3, -0.25) is 9.48 Å². The Bertz CT molecular complexity index is 564. The number of hydrogen-bond donors (Lipinski definition) is 0. The van der Waals surface area contributed by atoms with Gasteiger partial charge in [0.2, 0.25) is 0 Å². The highest BCUT2D eigenvalue weighted by Gasteiger charge is 2.28. The largest absolute Gasteiger partial charge is 0.444 e. The summed E-state index contributed by atoms with van der Waals surface area (Å²) in [5.74, 6) is 0.0871. The van der Waals surface area contributed by atoms with Gasteiger partial charge < -0.3 is 9.64 Å². The first-order chi connectivity index (χ1) is 10.7. The van der Waals surface area contributed by atoms with Gasteiger partial charge in [0.1, 0.15) is 5.60 Å². The van der Waals surface area contributed by atoms with Crippen molar-refractivity contribution >= 4 is 11.9 Å². The fourth-order valence-corrected chi connectivity index (χ4v) is 2.64. The van der Waals surface area contributed by atoms with Gasteiger partial charge in [0.25, 0.3) is 0 Å². The van der Waals surface area contributed by atoms with Crippen molar-refractivity contribution in [2.45, 2.75) is 59.1 Å². The quantitative estimate of drug-likeness (QED) is 0.801. The van der Waals surface area contributed by atoms with Gasteiger partial charge in [0, 0.05) is 25.2 Å². The number of likely N-dealkylation sites (tertiary alicyclic amines) is 1. The van der Waals surface area contributed by atoms with Crippen LogP contribution in [0.2, 0.25) is 0 Å². The molecule has 1 aromatic rings. The number of amides is 1. The minimum absolute atomic E-state index is 0.0262. The number of ketones is 1. The molecule has 0 saturated carbocycles. The molecule has 1 aliphatic heterocycles. The summed E-state index contributed by atoms with van der Waals surface area (Å²) >= 11 is 0. The van der Waals surface area contributed by atoms with E-state index in [0.717, 1.165) is 12.8 Å². The van der Waals surface area contributed by atoms with Gasteiger partial charge in [-0.15, -0.1) is 0 Å². The highest BCUT2D eigenvalue weighted by Crippen LogP contribution is 2.24. The lowest BCUT2D eigenvalue weighted by molar-refractivity contribution is 0.0185. The number of rotatable bonds is 3. The molecule has 128 valence electrons. The van der Waals surface area contributed by atoms with Crippen LogP contribution in [0.5, 0.6) is 0 Å². The molecular weight excluding hydrogens is 294 g/mol. The number of nitrogens with zero attached hydrogens (tertiary/aromatic N) is 3. The molecular formula is C17H27N3O3. The van der Waals surface area contributed by atoms with Gasteiger partial charge in [-0.25, -0.2) is 4.79 Å². The number of carbonyl (C=O) groups is 2. The zero-order chi connectivity index (χ0) is 17.2. The number of piperidine rings is 1. The van der Waals surface area contributed by atoms with Crippen LogP contribution in [0, 0.1) is 5.92 Å². The van der Waals surface area contributed by atoms with E-state index in [1.54, 1.807) is 11.1 Å². The standard InChI is InChI=1S/C17H27N3O3/c1-12(2)15(21)13-10-18-20(11-13)14-6-8-19(9-7-14)16(22)23-17(3,4)5/h10-12,14H,6-9H2,1-5H3. The Labute approximate surface area is 137 Å². The lowest BCUT2D eigenvalue weighted by Gasteiger charge is -2.33. The summed E-state index contributed by atoms with van der Waals surface area (Å²) in [6, 6.07) is 0.224. The molecule has 0 spiro atoms. The van der Waals surface area contributed by atoms with Crippen molar-refractivity contribution in [2.75, 3.05) is 13.1 Å². The molecule has 0 bridgehead atoms. The first-order valence-corrected chi connectivity index (χ1v) is 8.23. The first kappa shape index (κ1) is 17.5. The van der Waals surface area contributed by atoms with Crippen LogP contribution in [0.3, 0.4) is 0 Å². The predicted molar refractivity (Wildman–Crippen MR) is 87.5 cm³/mol. The Morgan fingerprint density at radius 1 is 1.26 bits per heavy atom. The number of carbonyl (C=O) groups excluding carboxylic acids is 2. The van der Waals surface area contributed by atoms with E-state index in [9.17, 15) is 9.59 Å². The summed E-state index contributed by atoms with van der Waals surface area (Å²) in [5, 5.41) is 4.33. The van der Waals surface area contributed by atoms with E-state index in [2.05, 4.69) is 5.10 Å². The Balaban J connectivity index is 1.92. The lowest BCUT2D eigenvalue weighted by Crippen LogP contribution is -2.42. The van der Waals surface area contributed by atoms with Crippen molar-refractivity contribution in [1.29, 1.82) is 0 Å². The van der Waals surface area contributed by atoms with Crippen LogP contribution in [0.25, 0.3) is 0 Å². The van der Waals surface area contributed by atoms with Crippen molar-refractivity contribution < 1.29 is 14.3 Å². The molecule has 0 aliphatic carbocycles. The Morgan fingerprint density at radius 2 is 1.87 bits per heavy atom. The third-order valence-corrected chi connectivity index (χ3v) is 3.90. The number of Topliss-reactive ketones (excluding diaryl/α,β-unsaturated/α-hetero) is 1. The fourth-order valence-electron chi connectivity index (χ4n) is 2.64. The molecule has 1 aromatic heterocycles. The topological polar surface area (TPSA) is 64.4 Å². The molecule has 1 saturated heterocycles. The van der Waals surface area contributed by atoms with E-state index < -0.39 is 5.60 Å². The van der Waals surface area contributed by atoms with Crippen LogP contribution in [0.15, 0.2) is 12.4 Å². The van der Waals surface area contributed by atoms with E-state index in [1.165, 1.54) is 0 Å². The fraction of sp³-hybridized carbons (Fsp3) is 0.706. The lowest BCUT2D eigenvalue weighted by atomic mass is 10.0. The van der Waals surface area contributed by atoms with Crippen molar-refractivity contribution in [3.05, 3.63) is 18.0 Å². The molecule has 1 amide bonds. The number of hydrogen-bond acceptors (Lipinski definition) is 4. The van der Waals surface area contributed by atoms with E-state index >= 15 is 0 Å². The van der Waals surface area contributed by atoms with Gasteiger partial charge in [0.05, 0.1) is 17.8 Å². The Morgan fingerprint density at radius 3 is 2.39 bits per heavy atom. The van der Waals surface area contributed by atoms with Crippen molar-refractivity contribution in [3.8, 4) is 0 Å². The van der Waals surface area contributed by atoms with Crippen LogP contribution < -0.4 is 0 Å². The maximum Gasteiger partial charge on any atom is 0.410 e. The maximum absolute atomic E-state index is 12.1. The van der Waals surface area contributed by atoms with Crippen LogP contribution in [-0.2, 0) is 4.74 Å². The van der Waals surface area contributed by atoms with Crippen molar-refractivity contribution in [1.82, 2.24) is 14.7 Å². The number of ether oxygens (including phenoxy) is 1. The third kappa shape index (κ3) is 4.56. The second-order valence-electron chi connectivity index (χ2n) is 7.43. The van der Waals surface area contributed by atoms with Gasteiger partial charge in [-0.2, -0.15) is 5.10 Å². The second kappa shape index (κ2) is 6.72. The summed E-state index contributed by atoms with van der Waals surface area (Å²) in [5.41, 5.74) is 0.191. The molecule has 2 heterocycles. The van der Waals surface area contributed by atoms with E-state index in [-0.39, 0.29) is 23.8 Å². The molecule has 6 heteroatoms. The SMILES string of the molecule is CC(C)C(=O)c1cnn(C2CCN(C(=O)OC(C)(C)C)CC2)c1. The highest BCUT2D eigenvalue weighted by molar-refractivity contribution is 5.96. The minimum atomic E-state index is -0.470. The molecule has 1 aliphatic rings. The summed E-state index contributed by atoms with van der Waals surface area (Å²) in [7, 11) is 0. The van der Waals surface area contributed by atoms with Crippen molar-refractivity contribution in [3.63, 3.8) is 0 Å². The zero-order valence-corrected chi connectivity index (χ0v) is 14.7. The molecule has 0 radical (unpaired) electrons. The third-order valence-electron chi connectivity index (χ3n) is 3.90. The minimum Gasteiger partial charge on any atom is -0.444 e. The zero-order valence-electron chi connectivity index (χ0n) is 14.7. The van der Waals surface area contributed by atoms with Gasteiger partial charge in [0.15, 0.2) is 5.78 Å². The molecule has 0 atom stereocenters. The summed E-state index contributed by atoms with van der Waals surface area (Å²) in [6.45, 7) is 10.7. The van der Waals surface area contributed by atoms with E-state index in [4.69, 9.17) is 4.74 Å². The highest BCUT2D eigenvalue weighted by atomic mass is 16.6. The number of aromatic nitrogens is 2. The van der Waals surface area contributed by atoms with E-state index in [1.807, 2.05) is 45.5 Å². The maximum atomic E-state index is 12.1. The summed E-state index contributed by atoms with van der Waals surface area (Å²) < 4.78 is 7.26. The molecule has 6 nitrogen and oxygen atoms in total. The van der Waals surface area contributed by atoms with Gasteiger partial charge in [-0.05, 0) is 33.6 Å². The molecule has 0 N–H and O–H groups in total. The average molecular weight is 321 g/mol. The van der Waals surface area contributed by atoms with Crippen LogP contribution in [0.4, 0.5) is 4.79 Å². The van der Waals surface area contributed by atoms with Gasteiger partial charge in [-0.1, -0.05) is 13.8 Å². The van der Waals surface area contributed by atoms with Crippen LogP contribution in [0.1, 0.15) is 63.9 Å². The van der Waals surface area contributed by atoms with Crippen LogP contribution >= 0.6 is 0 Å². The Kier molecular flexibility index (Phi) is 5.12. The summed E-state index contributed by atoms with van der Waals surface area (Å²) in [6.07, 6.45) is 4.85. The molecule has 0 unspecified atom stereocenters. The normalized spacial score (nSPS) is 16.7.